The lowest BCUT2D eigenvalue weighted by Crippen LogP contribution is -1.99. The van der Waals surface area contributed by atoms with Crippen molar-refractivity contribution in [1.82, 2.24) is 9.97 Å². The molecule has 0 saturated carbocycles. The smallest absolute Gasteiger partial charge is 0.317 e. The minimum absolute atomic E-state index is 0.422. The minimum atomic E-state index is 0.422. The molecule has 0 amide bonds. The van der Waals surface area contributed by atoms with Crippen molar-refractivity contribution in [3.05, 3.63) is 51.9 Å². The van der Waals surface area contributed by atoms with Crippen LogP contribution in [0.5, 0.6) is 6.01 Å². The molecule has 1 aromatic carbocycles. The first-order chi connectivity index (χ1) is 7.34. The van der Waals surface area contributed by atoms with Crippen molar-refractivity contribution in [2.24, 2.45) is 0 Å². The SMILES string of the molecule is Ic1ccnc(OCc2ccccc2)n1. The molecule has 76 valence electrons. The number of hydrogen-bond donors (Lipinski definition) is 0. The van der Waals surface area contributed by atoms with Crippen LogP contribution >= 0.6 is 22.6 Å². The molecule has 0 unspecified atom stereocenters. The highest BCUT2D eigenvalue weighted by molar-refractivity contribution is 14.1. The van der Waals surface area contributed by atoms with Crippen molar-refractivity contribution in [2.75, 3.05) is 0 Å². The van der Waals surface area contributed by atoms with Crippen LogP contribution in [-0.2, 0) is 6.61 Å². The highest BCUT2D eigenvalue weighted by Gasteiger charge is 1.98. The fraction of sp³-hybridized carbons (Fsp3) is 0.0909. The molecule has 0 aliphatic carbocycles. The van der Waals surface area contributed by atoms with Gasteiger partial charge in [0.05, 0.1) is 0 Å². The van der Waals surface area contributed by atoms with Crippen molar-refractivity contribution in [2.45, 2.75) is 6.61 Å². The fourth-order valence-corrected chi connectivity index (χ4v) is 1.48. The first-order valence-corrected chi connectivity index (χ1v) is 5.58. The average Bonchev–Trinajstić information content (AvgIpc) is 2.28. The summed E-state index contributed by atoms with van der Waals surface area (Å²) >= 11 is 2.13. The van der Waals surface area contributed by atoms with Crippen molar-refractivity contribution in [3.63, 3.8) is 0 Å². The van der Waals surface area contributed by atoms with Gasteiger partial charge in [0.2, 0.25) is 0 Å². The van der Waals surface area contributed by atoms with Crippen LogP contribution in [0, 0.1) is 3.70 Å². The van der Waals surface area contributed by atoms with Gasteiger partial charge in [0.25, 0.3) is 0 Å². The van der Waals surface area contributed by atoms with Crippen molar-refractivity contribution >= 4 is 22.6 Å². The van der Waals surface area contributed by atoms with Gasteiger partial charge in [-0.2, -0.15) is 4.98 Å². The molecule has 0 aliphatic heterocycles. The van der Waals surface area contributed by atoms with Crippen molar-refractivity contribution < 1.29 is 4.74 Å². The Morgan fingerprint density at radius 3 is 2.67 bits per heavy atom. The maximum atomic E-state index is 5.45. The van der Waals surface area contributed by atoms with E-state index in [0.717, 1.165) is 9.26 Å². The first kappa shape index (κ1) is 10.4. The van der Waals surface area contributed by atoms with Gasteiger partial charge in [-0.3, -0.25) is 0 Å². The highest BCUT2D eigenvalue weighted by atomic mass is 127. The Bertz CT molecular complexity index is 434. The maximum absolute atomic E-state index is 5.45. The molecule has 15 heavy (non-hydrogen) atoms. The van der Waals surface area contributed by atoms with Crippen LogP contribution in [0.1, 0.15) is 5.56 Å². The Balaban J connectivity index is 1.99. The van der Waals surface area contributed by atoms with E-state index in [-0.39, 0.29) is 0 Å². The Kier molecular flexibility index (Phi) is 3.49. The summed E-state index contributed by atoms with van der Waals surface area (Å²) in [5, 5.41) is 0. The summed E-state index contributed by atoms with van der Waals surface area (Å²) in [5.74, 6) is 0. The van der Waals surface area contributed by atoms with E-state index >= 15 is 0 Å². The van der Waals surface area contributed by atoms with Gasteiger partial charge >= 0.3 is 6.01 Å². The molecule has 0 N–H and O–H groups in total. The molecular formula is C11H9IN2O. The van der Waals surface area contributed by atoms with Gasteiger partial charge in [-0.25, -0.2) is 4.98 Å². The molecule has 2 aromatic rings. The summed E-state index contributed by atoms with van der Waals surface area (Å²) in [4.78, 5) is 8.16. The molecule has 1 heterocycles. The molecule has 0 radical (unpaired) electrons. The van der Waals surface area contributed by atoms with Gasteiger partial charge in [-0.05, 0) is 34.2 Å². The van der Waals surface area contributed by atoms with E-state index in [1.165, 1.54) is 0 Å². The third kappa shape index (κ3) is 3.16. The molecule has 0 atom stereocenters. The van der Waals surface area contributed by atoms with E-state index in [1.807, 2.05) is 36.4 Å². The van der Waals surface area contributed by atoms with E-state index < -0.39 is 0 Å². The second-order valence-electron chi connectivity index (χ2n) is 2.94. The zero-order chi connectivity index (χ0) is 10.5. The zero-order valence-electron chi connectivity index (χ0n) is 7.93. The maximum Gasteiger partial charge on any atom is 0.317 e. The molecule has 0 saturated heterocycles. The number of benzene rings is 1. The molecule has 4 heteroatoms. The fourth-order valence-electron chi connectivity index (χ4n) is 1.11. The first-order valence-electron chi connectivity index (χ1n) is 4.50. The van der Waals surface area contributed by atoms with Gasteiger partial charge in [-0.15, -0.1) is 0 Å². The predicted octanol–water partition coefficient (Wildman–Crippen LogP) is 2.66. The van der Waals surface area contributed by atoms with Crippen LogP contribution in [0.25, 0.3) is 0 Å². The quantitative estimate of drug-likeness (QED) is 0.645. The number of halogens is 1. The summed E-state index contributed by atoms with van der Waals surface area (Å²) < 4.78 is 6.33. The lowest BCUT2D eigenvalue weighted by molar-refractivity contribution is 0.280. The average molecular weight is 312 g/mol. The Hall–Kier alpha value is -1.17. The van der Waals surface area contributed by atoms with E-state index in [0.29, 0.717) is 12.6 Å². The molecular weight excluding hydrogens is 303 g/mol. The third-order valence-electron chi connectivity index (χ3n) is 1.81. The zero-order valence-corrected chi connectivity index (χ0v) is 10.1. The molecule has 2 rings (SSSR count). The van der Waals surface area contributed by atoms with E-state index in [4.69, 9.17) is 4.74 Å². The number of nitrogens with zero attached hydrogens (tertiary/aromatic N) is 2. The highest BCUT2D eigenvalue weighted by Crippen LogP contribution is 2.08. The second-order valence-corrected chi connectivity index (χ2v) is 4.04. The monoisotopic (exact) mass is 312 g/mol. The van der Waals surface area contributed by atoms with Gasteiger partial charge in [-0.1, -0.05) is 30.3 Å². The van der Waals surface area contributed by atoms with Gasteiger partial charge < -0.3 is 4.74 Å². The summed E-state index contributed by atoms with van der Waals surface area (Å²) in [6, 6.07) is 12.2. The molecule has 0 fully saturated rings. The van der Waals surface area contributed by atoms with E-state index in [2.05, 4.69) is 32.6 Å². The van der Waals surface area contributed by atoms with Crippen LogP contribution in [0.3, 0.4) is 0 Å². The molecule has 0 bridgehead atoms. The van der Waals surface area contributed by atoms with E-state index in [1.54, 1.807) is 6.20 Å². The van der Waals surface area contributed by atoms with Gasteiger partial charge in [0, 0.05) is 6.20 Å². The second kappa shape index (κ2) is 5.06. The van der Waals surface area contributed by atoms with Crippen LogP contribution in [-0.4, -0.2) is 9.97 Å². The van der Waals surface area contributed by atoms with Gasteiger partial charge in [0.15, 0.2) is 0 Å². The topological polar surface area (TPSA) is 35.0 Å². The summed E-state index contributed by atoms with van der Waals surface area (Å²) in [6.07, 6.45) is 1.69. The standard InChI is InChI=1S/C11H9IN2O/c12-10-6-7-13-11(14-10)15-8-9-4-2-1-3-5-9/h1-7H,8H2. The molecule has 0 aliphatic rings. The molecule has 1 aromatic heterocycles. The number of ether oxygens (including phenoxy) is 1. The Morgan fingerprint density at radius 1 is 1.13 bits per heavy atom. The van der Waals surface area contributed by atoms with Gasteiger partial charge in [0.1, 0.15) is 10.3 Å². The van der Waals surface area contributed by atoms with Crippen LogP contribution in [0.2, 0.25) is 0 Å². The minimum Gasteiger partial charge on any atom is -0.459 e. The summed E-state index contributed by atoms with van der Waals surface area (Å²) in [6.45, 7) is 0.501. The Labute approximate surface area is 102 Å². The normalized spacial score (nSPS) is 9.93. The number of aromatic nitrogens is 2. The lowest BCUT2D eigenvalue weighted by Gasteiger charge is -2.03. The predicted molar refractivity (Wildman–Crippen MR) is 65.5 cm³/mol. The van der Waals surface area contributed by atoms with E-state index in [9.17, 15) is 0 Å². The third-order valence-corrected chi connectivity index (χ3v) is 2.41. The Morgan fingerprint density at radius 2 is 1.93 bits per heavy atom. The largest absolute Gasteiger partial charge is 0.459 e. The molecule has 0 spiro atoms. The lowest BCUT2D eigenvalue weighted by atomic mass is 10.2. The molecule has 3 nitrogen and oxygen atoms in total. The van der Waals surface area contributed by atoms with Crippen molar-refractivity contribution in [3.8, 4) is 6.01 Å². The van der Waals surface area contributed by atoms with Crippen molar-refractivity contribution in [1.29, 1.82) is 0 Å². The van der Waals surface area contributed by atoms with Crippen LogP contribution < -0.4 is 4.74 Å². The van der Waals surface area contributed by atoms with Crippen LogP contribution in [0.4, 0.5) is 0 Å². The number of hydrogen-bond acceptors (Lipinski definition) is 3. The number of rotatable bonds is 3. The van der Waals surface area contributed by atoms with Crippen LogP contribution in [0.15, 0.2) is 42.6 Å². The summed E-state index contributed by atoms with van der Waals surface area (Å²) in [7, 11) is 0. The summed E-state index contributed by atoms with van der Waals surface area (Å²) in [5.41, 5.74) is 1.11.